The van der Waals surface area contributed by atoms with E-state index in [1.165, 1.54) is 30.3 Å². The van der Waals surface area contributed by atoms with Crippen LogP contribution < -0.4 is 0 Å². The predicted octanol–water partition coefficient (Wildman–Crippen LogP) is 3.13. The van der Waals surface area contributed by atoms with Crippen LogP contribution in [-0.4, -0.2) is 36.8 Å². The van der Waals surface area contributed by atoms with E-state index in [4.69, 9.17) is 4.98 Å². The van der Waals surface area contributed by atoms with Gasteiger partial charge in [-0.05, 0) is 44.0 Å². The van der Waals surface area contributed by atoms with E-state index in [-0.39, 0.29) is 0 Å². The second-order valence-electron chi connectivity index (χ2n) is 6.94. The molecule has 0 bridgehead atoms. The molecular formula is C19H25N5. The van der Waals surface area contributed by atoms with E-state index >= 15 is 0 Å². The summed E-state index contributed by atoms with van der Waals surface area (Å²) >= 11 is 0. The molecule has 0 saturated carbocycles. The maximum atomic E-state index is 4.85. The molecule has 0 radical (unpaired) electrons. The zero-order valence-electron chi connectivity index (χ0n) is 14.5. The molecule has 24 heavy (non-hydrogen) atoms. The topological polar surface area (TPSA) is 38.9 Å². The van der Waals surface area contributed by atoms with Gasteiger partial charge in [-0.2, -0.15) is 5.10 Å². The molecular weight excluding hydrogens is 298 g/mol. The number of hydrogen-bond acceptors (Lipinski definition) is 3. The van der Waals surface area contributed by atoms with Crippen molar-refractivity contribution in [2.24, 2.45) is 7.05 Å². The van der Waals surface area contributed by atoms with E-state index in [0.717, 1.165) is 31.0 Å². The molecule has 1 saturated heterocycles. The Morgan fingerprint density at radius 3 is 2.88 bits per heavy atom. The normalized spacial score (nSPS) is 19.2. The fourth-order valence-corrected chi connectivity index (χ4v) is 3.78. The van der Waals surface area contributed by atoms with Crippen LogP contribution in [0.2, 0.25) is 0 Å². The lowest BCUT2D eigenvalue weighted by atomic mass is 10.0. The number of piperidine rings is 1. The largest absolute Gasteiger partial charge is 0.330 e. The van der Waals surface area contributed by atoms with Crippen molar-refractivity contribution in [1.29, 1.82) is 0 Å². The molecule has 4 rings (SSSR count). The summed E-state index contributed by atoms with van der Waals surface area (Å²) in [4.78, 5) is 7.44. The number of aryl methyl sites for hydroxylation is 2. The van der Waals surface area contributed by atoms with Crippen LogP contribution in [0.15, 0.2) is 36.7 Å². The van der Waals surface area contributed by atoms with E-state index in [9.17, 15) is 0 Å². The van der Waals surface area contributed by atoms with Gasteiger partial charge < -0.3 is 4.57 Å². The Kier molecular flexibility index (Phi) is 4.10. The molecule has 0 amide bonds. The van der Waals surface area contributed by atoms with Gasteiger partial charge in [-0.1, -0.05) is 18.6 Å². The minimum Gasteiger partial charge on any atom is -0.330 e. The van der Waals surface area contributed by atoms with E-state index in [1.54, 1.807) is 0 Å². The highest BCUT2D eigenvalue weighted by Crippen LogP contribution is 2.22. The highest BCUT2D eigenvalue weighted by Gasteiger charge is 2.24. The Labute approximate surface area is 142 Å². The van der Waals surface area contributed by atoms with Crippen molar-refractivity contribution < 1.29 is 0 Å². The molecule has 2 aromatic heterocycles. The Morgan fingerprint density at radius 2 is 2.08 bits per heavy atom. The number of hydrogen-bond donors (Lipinski definition) is 0. The Bertz CT molecular complexity index is 831. The third kappa shape index (κ3) is 2.96. The average Bonchev–Trinajstić information content (AvgIpc) is 3.14. The van der Waals surface area contributed by atoms with Crippen LogP contribution in [0.25, 0.3) is 11.0 Å². The third-order valence-electron chi connectivity index (χ3n) is 5.13. The van der Waals surface area contributed by atoms with Gasteiger partial charge in [-0.25, -0.2) is 4.98 Å². The average molecular weight is 323 g/mol. The number of benzene rings is 1. The molecule has 0 N–H and O–H groups in total. The minimum absolute atomic E-state index is 0.540. The van der Waals surface area contributed by atoms with Gasteiger partial charge in [-0.15, -0.1) is 0 Å². The van der Waals surface area contributed by atoms with Gasteiger partial charge in [0.15, 0.2) is 0 Å². The Balaban J connectivity index is 1.55. The lowest BCUT2D eigenvalue weighted by Crippen LogP contribution is -2.42. The van der Waals surface area contributed by atoms with E-state index in [2.05, 4.69) is 63.7 Å². The van der Waals surface area contributed by atoms with E-state index in [0.29, 0.717) is 6.04 Å². The summed E-state index contributed by atoms with van der Waals surface area (Å²) < 4.78 is 4.33. The number of nitrogens with zero attached hydrogens (tertiary/aromatic N) is 5. The molecule has 1 aliphatic rings. The maximum absolute atomic E-state index is 4.85. The number of rotatable bonds is 4. The van der Waals surface area contributed by atoms with Gasteiger partial charge in [0.2, 0.25) is 0 Å². The van der Waals surface area contributed by atoms with Crippen LogP contribution in [0.5, 0.6) is 0 Å². The Hall–Kier alpha value is -2.14. The zero-order valence-corrected chi connectivity index (χ0v) is 14.5. The second-order valence-corrected chi connectivity index (χ2v) is 6.94. The molecule has 126 valence electrons. The van der Waals surface area contributed by atoms with Crippen molar-refractivity contribution in [2.45, 2.75) is 45.3 Å². The van der Waals surface area contributed by atoms with Crippen molar-refractivity contribution in [3.05, 3.63) is 48.0 Å². The van der Waals surface area contributed by atoms with Gasteiger partial charge in [0.05, 0.1) is 30.3 Å². The Morgan fingerprint density at radius 1 is 1.21 bits per heavy atom. The highest BCUT2D eigenvalue weighted by atomic mass is 15.3. The van der Waals surface area contributed by atoms with Crippen LogP contribution >= 0.6 is 0 Å². The van der Waals surface area contributed by atoms with Crippen molar-refractivity contribution in [1.82, 2.24) is 24.2 Å². The summed E-state index contributed by atoms with van der Waals surface area (Å²) in [6.45, 7) is 5.13. The van der Waals surface area contributed by atoms with Crippen molar-refractivity contribution >= 4 is 11.0 Å². The molecule has 5 nitrogen and oxygen atoms in total. The van der Waals surface area contributed by atoms with Gasteiger partial charge in [0, 0.05) is 19.3 Å². The summed E-state index contributed by atoms with van der Waals surface area (Å²) in [5.74, 6) is 1.15. The first-order valence-electron chi connectivity index (χ1n) is 8.84. The number of aromatic nitrogens is 4. The summed E-state index contributed by atoms with van der Waals surface area (Å²) in [5.41, 5.74) is 3.53. The highest BCUT2D eigenvalue weighted by molar-refractivity contribution is 5.75. The van der Waals surface area contributed by atoms with Gasteiger partial charge in [0.1, 0.15) is 5.82 Å². The van der Waals surface area contributed by atoms with Crippen molar-refractivity contribution in [3.63, 3.8) is 0 Å². The summed E-state index contributed by atoms with van der Waals surface area (Å²) in [7, 11) is 2.13. The third-order valence-corrected chi connectivity index (χ3v) is 5.13. The van der Waals surface area contributed by atoms with Crippen LogP contribution in [0.1, 0.15) is 30.7 Å². The second kappa shape index (κ2) is 6.40. The molecule has 0 spiro atoms. The van der Waals surface area contributed by atoms with Gasteiger partial charge in [-0.3, -0.25) is 9.58 Å². The van der Waals surface area contributed by atoms with Crippen LogP contribution in [0, 0.1) is 6.92 Å². The first-order valence-corrected chi connectivity index (χ1v) is 8.84. The first kappa shape index (κ1) is 15.4. The van der Waals surface area contributed by atoms with Crippen LogP contribution in [0.4, 0.5) is 0 Å². The fourth-order valence-electron chi connectivity index (χ4n) is 3.78. The molecule has 1 aliphatic heterocycles. The number of likely N-dealkylation sites (tertiary alicyclic amines) is 1. The van der Waals surface area contributed by atoms with Crippen molar-refractivity contribution in [3.8, 4) is 0 Å². The van der Waals surface area contributed by atoms with E-state index in [1.807, 2.05) is 6.20 Å². The number of fused-ring (bicyclic) bond motifs is 1. The lowest BCUT2D eigenvalue weighted by Gasteiger charge is -2.35. The minimum atomic E-state index is 0.540. The zero-order chi connectivity index (χ0) is 16.5. The lowest BCUT2D eigenvalue weighted by molar-refractivity contribution is 0.118. The smallest absolute Gasteiger partial charge is 0.123 e. The van der Waals surface area contributed by atoms with Gasteiger partial charge >= 0.3 is 0 Å². The molecule has 1 atom stereocenters. The molecule has 0 unspecified atom stereocenters. The molecule has 1 aromatic carbocycles. The molecule has 1 fully saturated rings. The monoisotopic (exact) mass is 323 g/mol. The standard InChI is InChI=1S/C19H25N5/c1-15-11-20-24(12-15)13-16-7-5-6-10-23(16)14-19-21-17-8-3-4-9-18(17)22(19)2/h3-4,8-9,11-12,16H,5-7,10,13-14H2,1-2H3/t16-/m0/s1. The first-order chi connectivity index (χ1) is 11.7. The molecule has 5 heteroatoms. The SMILES string of the molecule is Cc1cnn(C[C@@H]2CCCCN2Cc2nc3ccccc3n2C)c1. The quantitative estimate of drug-likeness (QED) is 0.740. The molecule has 3 heterocycles. The van der Waals surface area contributed by atoms with Gasteiger partial charge in [0.25, 0.3) is 0 Å². The summed E-state index contributed by atoms with van der Waals surface area (Å²) in [6.07, 6.45) is 7.91. The summed E-state index contributed by atoms with van der Waals surface area (Å²) in [5, 5.41) is 4.47. The van der Waals surface area contributed by atoms with Crippen LogP contribution in [-0.2, 0) is 20.1 Å². The predicted molar refractivity (Wildman–Crippen MR) is 95.7 cm³/mol. The maximum Gasteiger partial charge on any atom is 0.123 e. The number of imidazole rings is 1. The van der Waals surface area contributed by atoms with Crippen LogP contribution in [0.3, 0.4) is 0 Å². The number of para-hydroxylation sites is 2. The summed E-state index contributed by atoms with van der Waals surface area (Å²) in [6, 6.07) is 8.92. The van der Waals surface area contributed by atoms with E-state index < -0.39 is 0 Å². The van der Waals surface area contributed by atoms with Crippen molar-refractivity contribution in [2.75, 3.05) is 6.54 Å². The fraction of sp³-hybridized carbons (Fsp3) is 0.474. The molecule has 0 aliphatic carbocycles. The molecule has 3 aromatic rings.